The minimum absolute atomic E-state index is 0.369. The van der Waals surface area contributed by atoms with Gasteiger partial charge in [-0.3, -0.25) is 0 Å². The second-order valence-corrected chi connectivity index (χ2v) is 9.18. The monoisotopic (exact) mass is 386 g/mol. The van der Waals surface area contributed by atoms with E-state index >= 15 is 0 Å². The Morgan fingerprint density at radius 3 is 1.89 bits per heavy atom. The summed E-state index contributed by atoms with van der Waals surface area (Å²) >= 11 is 0. The van der Waals surface area contributed by atoms with Crippen molar-refractivity contribution in [2.45, 2.75) is 103 Å². The van der Waals surface area contributed by atoms with Crippen LogP contribution in [-0.2, 0) is 9.47 Å². The van der Waals surface area contributed by atoms with Crippen LogP contribution >= 0.6 is 0 Å². The van der Waals surface area contributed by atoms with Gasteiger partial charge in [-0.1, -0.05) is 95.9 Å². The van der Waals surface area contributed by atoms with Gasteiger partial charge in [-0.05, 0) is 41.5 Å². The zero-order valence-electron chi connectivity index (χ0n) is 18.3. The van der Waals surface area contributed by atoms with Gasteiger partial charge in [0.2, 0.25) is 0 Å². The molecule has 1 heterocycles. The normalized spacial score (nSPS) is 28.4. The SMILES string of the molecule is CCCCCCC1COC(C2CCC(CCCC)CC2)CO1.c1cc2ccc1=2. The number of benzene rings is 1. The minimum Gasteiger partial charge on any atom is -0.373 e. The summed E-state index contributed by atoms with van der Waals surface area (Å²) in [6.07, 6.45) is 17.1. The van der Waals surface area contributed by atoms with E-state index < -0.39 is 0 Å². The van der Waals surface area contributed by atoms with Gasteiger partial charge in [0.05, 0.1) is 25.4 Å². The lowest BCUT2D eigenvalue weighted by Gasteiger charge is -2.38. The van der Waals surface area contributed by atoms with Gasteiger partial charge in [0.1, 0.15) is 0 Å². The molecule has 0 radical (unpaired) electrons. The Kier molecular flexibility index (Phi) is 9.34. The Balaban J connectivity index is 0.000000311. The summed E-state index contributed by atoms with van der Waals surface area (Å²) in [6, 6.07) is 8.48. The average Bonchev–Trinajstić information content (AvgIpc) is 2.73. The molecule has 1 saturated heterocycles. The van der Waals surface area contributed by atoms with E-state index in [1.54, 1.807) is 0 Å². The van der Waals surface area contributed by atoms with Gasteiger partial charge < -0.3 is 9.47 Å². The maximum atomic E-state index is 6.18. The first kappa shape index (κ1) is 21.8. The van der Waals surface area contributed by atoms with Crippen molar-refractivity contribution in [1.29, 1.82) is 0 Å². The summed E-state index contributed by atoms with van der Waals surface area (Å²) in [4.78, 5) is 0. The fourth-order valence-corrected chi connectivity index (χ4v) is 4.80. The van der Waals surface area contributed by atoms with Gasteiger partial charge in [0.15, 0.2) is 0 Å². The second-order valence-electron chi connectivity index (χ2n) is 9.18. The molecule has 0 amide bonds. The Hall–Kier alpha value is -0.860. The predicted octanol–water partition coefficient (Wildman–Crippen LogP) is 7.02. The molecular formula is C26H42O2. The van der Waals surface area contributed by atoms with Gasteiger partial charge in [-0.2, -0.15) is 0 Å². The second kappa shape index (κ2) is 12.0. The predicted molar refractivity (Wildman–Crippen MR) is 117 cm³/mol. The fourth-order valence-electron chi connectivity index (χ4n) is 4.80. The number of ether oxygens (including phenoxy) is 2. The van der Waals surface area contributed by atoms with Crippen molar-refractivity contribution in [3.63, 3.8) is 0 Å². The van der Waals surface area contributed by atoms with Crippen LogP contribution in [0.15, 0.2) is 24.3 Å². The Labute approximate surface area is 172 Å². The highest BCUT2D eigenvalue weighted by Crippen LogP contribution is 2.35. The smallest absolute Gasteiger partial charge is 0.0838 e. The van der Waals surface area contributed by atoms with Gasteiger partial charge in [-0.15, -0.1) is 0 Å². The number of rotatable bonds is 9. The van der Waals surface area contributed by atoms with Gasteiger partial charge >= 0.3 is 0 Å². The van der Waals surface area contributed by atoms with Gasteiger partial charge in [0, 0.05) is 0 Å². The van der Waals surface area contributed by atoms with E-state index in [4.69, 9.17) is 9.47 Å². The molecule has 2 fully saturated rings. The highest BCUT2D eigenvalue weighted by molar-refractivity contribution is 5.22. The fraction of sp³-hybridized carbons (Fsp3) is 0.769. The molecule has 28 heavy (non-hydrogen) atoms. The summed E-state index contributed by atoms with van der Waals surface area (Å²) in [5.74, 6) is 1.76. The Morgan fingerprint density at radius 2 is 1.39 bits per heavy atom. The molecule has 4 aliphatic rings. The lowest BCUT2D eigenvalue weighted by molar-refractivity contribution is -0.157. The van der Waals surface area contributed by atoms with Crippen molar-refractivity contribution >= 4 is 0 Å². The van der Waals surface area contributed by atoms with Gasteiger partial charge in [0.25, 0.3) is 0 Å². The van der Waals surface area contributed by atoms with Crippen molar-refractivity contribution < 1.29 is 9.47 Å². The van der Waals surface area contributed by atoms with Crippen LogP contribution in [-0.4, -0.2) is 25.4 Å². The third-order valence-corrected chi connectivity index (χ3v) is 6.97. The first-order valence-electron chi connectivity index (χ1n) is 12.1. The number of unbranched alkanes of at least 4 members (excludes halogenated alkanes) is 4. The summed E-state index contributed by atoms with van der Waals surface area (Å²) in [6.45, 7) is 6.26. The topological polar surface area (TPSA) is 18.5 Å². The first-order valence-corrected chi connectivity index (χ1v) is 12.1. The third-order valence-electron chi connectivity index (χ3n) is 6.97. The molecule has 158 valence electrons. The van der Waals surface area contributed by atoms with E-state index in [9.17, 15) is 0 Å². The highest BCUT2D eigenvalue weighted by Gasteiger charge is 2.31. The molecule has 0 aromatic carbocycles. The van der Waals surface area contributed by atoms with Crippen LogP contribution in [0.1, 0.15) is 90.9 Å². The van der Waals surface area contributed by atoms with Crippen molar-refractivity contribution in [2.24, 2.45) is 11.8 Å². The molecule has 2 heteroatoms. The molecule has 0 spiro atoms. The Morgan fingerprint density at radius 1 is 0.714 bits per heavy atom. The molecule has 0 N–H and O–H groups in total. The van der Waals surface area contributed by atoms with Crippen LogP contribution in [0.2, 0.25) is 0 Å². The van der Waals surface area contributed by atoms with E-state index in [1.165, 1.54) is 87.5 Å². The summed E-state index contributed by atoms with van der Waals surface area (Å²) < 4.78 is 12.3. The van der Waals surface area contributed by atoms with Crippen LogP contribution in [0.4, 0.5) is 0 Å². The molecule has 2 atom stereocenters. The molecule has 0 aromatic rings. The molecule has 3 aliphatic carbocycles. The Bertz CT molecular complexity index is 574. The van der Waals surface area contributed by atoms with Crippen molar-refractivity contribution in [2.75, 3.05) is 13.2 Å². The summed E-state index contributed by atoms with van der Waals surface area (Å²) in [7, 11) is 0. The van der Waals surface area contributed by atoms with Crippen LogP contribution in [0.3, 0.4) is 0 Å². The maximum absolute atomic E-state index is 6.18. The number of hydrogen-bond acceptors (Lipinski definition) is 2. The van der Waals surface area contributed by atoms with Crippen LogP contribution in [0.25, 0.3) is 0 Å². The van der Waals surface area contributed by atoms with Crippen molar-refractivity contribution in [3.05, 3.63) is 34.7 Å². The first-order chi connectivity index (χ1) is 13.8. The van der Waals surface area contributed by atoms with E-state index in [2.05, 4.69) is 38.1 Å². The van der Waals surface area contributed by atoms with E-state index in [-0.39, 0.29) is 0 Å². The molecule has 2 unspecified atom stereocenters. The molecule has 0 bridgehead atoms. The highest BCUT2D eigenvalue weighted by atomic mass is 16.6. The molecule has 0 aromatic heterocycles. The molecular weight excluding hydrogens is 344 g/mol. The molecule has 1 aliphatic heterocycles. The molecule has 1 saturated carbocycles. The molecule has 4 rings (SSSR count). The van der Waals surface area contributed by atoms with Crippen LogP contribution in [0, 0.1) is 22.3 Å². The average molecular weight is 387 g/mol. The van der Waals surface area contributed by atoms with Crippen LogP contribution < -0.4 is 0 Å². The van der Waals surface area contributed by atoms with E-state index in [0.717, 1.165) is 25.0 Å². The third kappa shape index (κ3) is 6.59. The minimum atomic E-state index is 0.369. The van der Waals surface area contributed by atoms with Crippen molar-refractivity contribution in [3.8, 4) is 0 Å². The lowest BCUT2D eigenvalue weighted by Crippen LogP contribution is -2.41. The van der Waals surface area contributed by atoms with E-state index in [1.807, 2.05) is 0 Å². The summed E-state index contributed by atoms with van der Waals surface area (Å²) in [5, 5.41) is 2.85. The molecule has 2 nitrogen and oxygen atoms in total. The standard InChI is InChI=1S/C20H38O2.C6H4/c1-3-5-7-8-10-19-15-22-20(16-21-19)18-13-11-17(12-14-18)9-6-4-2;1-2-6-4-3-5(1)6/h17-20H,3-16H2,1-2H3;1-4H. The lowest BCUT2D eigenvalue weighted by atomic mass is 9.77. The maximum Gasteiger partial charge on any atom is 0.0838 e. The summed E-state index contributed by atoms with van der Waals surface area (Å²) in [5.41, 5.74) is 0. The zero-order valence-corrected chi connectivity index (χ0v) is 18.3. The van der Waals surface area contributed by atoms with E-state index in [0.29, 0.717) is 12.2 Å². The van der Waals surface area contributed by atoms with Crippen LogP contribution in [0.5, 0.6) is 0 Å². The number of hydrogen-bond donors (Lipinski definition) is 0. The van der Waals surface area contributed by atoms with Crippen molar-refractivity contribution in [1.82, 2.24) is 0 Å². The largest absolute Gasteiger partial charge is 0.373 e. The zero-order chi connectivity index (χ0) is 19.6. The van der Waals surface area contributed by atoms with Gasteiger partial charge in [-0.25, -0.2) is 0 Å². The quantitative estimate of drug-likeness (QED) is 0.431.